The fraction of sp³-hybridized carbons (Fsp3) is 0. The molecule has 1 aliphatic heterocycles. The van der Waals surface area contributed by atoms with E-state index >= 15 is 0 Å². The lowest BCUT2D eigenvalue weighted by molar-refractivity contribution is -0.136. The van der Waals surface area contributed by atoms with Gasteiger partial charge in [-0.25, -0.2) is 4.79 Å². The first-order chi connectivity index (χ1) is 11.1. The molecule has 2 aromatic rings. The number of benzene rings is 2. The van der Waals surface area contributed by atoms with Crippen molar-refractivity contribution in [3.63, 3.8) is 0 Å². The van der Waals surface area contributed by atoms with E-state index in [-0.39, 0.29) is 0 Å². The molecule has 2 aromatic carbocycles. The van der Waals surface area contributed by atoms with E-state index in [1.807, 2.05) is 36.4 Å². The molecule has 1 heterocycles. The summed E-state index contributed by atoms with van der Waals surface area (Å²) in [4.78, 5) is 16.6. The van der Waals surface area contributed by atoms with E-state index in [1.165, 1.54) is 0 Å². The topological polar surface area (TPSA) is 38.7 Å². The molecule has 0 aromatic heterocycles. The third-order valence-corrected chi connectivity index (χ3v) is 3.78. The highest BCUT2D eigenvalue weighted by Crippen LogP contribution is 2.26. The summed E-state index contributed by atoms with van der Waals surface area (Å²) in [6, 6.07) is 14.7. The summed E-state index contributed by atoms with van der Waals surface area (Å²) < 4.78 is 0. The van der Waals surface area contributed by atoms with Gasteiger partial charge in [0.05, 0.1) is 10.6 Å². The van der Waals surface area contributed by atoms with Crippen LogP contribution in [0.25, 0.3) is 6.08 Å². The second-order valence-electron chi connectivity index (χ2n) is 4.79. The molecule has 0 saturated carbocycles. The Morgan fingerprint density at radius 2 is 1.83 bits per heavy atom. The summed E-state index contributed by atoms with van der Waals surface area (Å²) in [6.07, 6.45) is 5.32. The number of allylic oxidation sites excluding steroid dienone is 2. The van der Waals surface area contributed by atoms with Crippen LogP contribution in [0.15, 0.2) is 71.4 Å². The lowest BCUT2D eigenvalue weighted by Gasteiger charge is -2.03. The van der Waals surface area contributed by atoms with Crippen LogP contribution >= 0.6 is 23.2 Å². The van der Waals surface area contributed by atoms with E-state index in [4.69, 9.17) is 28.0 Å². The summed E-state index contributed by atoms with van der Waals surface area (Å²) in [5.41, 5.74) is 2.37. The van der Waals surface area contributed by atoms with Crippen LogP contribution in [0.5, 0.6) is 0 Å². The van der Waals surface area contributed by atoms with E-state index in [1.54, 1.807) is 30.4 Å². The van der Waals surface area contributed by atoms with E-state index in [2.05, 4.69) is 5.16 Å². The molecule has 0 atom stereocenters. The van der Waals surface area contributed by atoms with E-state index in [0.717, 1.165) is 5.56 Å². The molecule has 5 heteroatoms. The van der Waals surface area contributed by atoms with Crippen molar-refractivity contribution in [3.05, 3.63) is 87.4 Å². The van der Waals surface area contributed by atoms with Crippen molar-refractivity contribution in [2.24, 2.45) is 5.16 Å². The van der Waals surface area contributed by atoms with Crippen LogP contribution in [0.2, 0.25) is 10.0 Å². The number of rotatable bonds is 3. The molecule has 0 unspecified atom stereocenters. The number of halogens is 2. The smallest absolute Gasteiger partial charge is 0.312 e. The molecule has 23 heavy (non-hydrogen) atoms. The maximum Gasteiger partial charge on any atom is 0.368 e. The maximum atomic E-state index is 11.9. The van der Waals surface area contributed by atoms with Gasteiger partial charge in [-0.15, -0.1) is 0 Å². The van der Waals surface area contributed by atoms with Gasteiger partial charge in [0.2, 0.25) is 0 Å². The van der Waals surface area contributed by atoms with Gasteiger partial charge in [0, 0.05) is 10.6 Å². The van der Waals surface area contributed by atoms with Crippen molar-refractivity contribution in [1.29, 1.82) is 0 Å². The molecule has 114 valence electrons. The van der Waals surface area contributed by atoms with Gasteiger partial charge < -0.3 is 4.84 Å². The maximum absolute atomic E-state index is 11.9. The monoisotopic (exact) mass is 343 g/mol. The van der Waals surface area contributed by atoms with Crippen LogP contribution < -0.4 is 0 Å². The van der Waals surface area contributed by atoms with Gasteiger partial charge in [-0.3, -0.25) is 0 Å². The van der Waals surface area contributed by atoms with Crippen LogP contribution in [0.4, 0.5) is 0 Å². The third-order valence-electron chi connectivity index (χ3n) is 3.23. The Morgan fingerprint density at radius 1 is 1.04 bits per heavy atom. The minimum absolute atomic E-state index is 0.349. The molecule has 0 N–H and O–H groups in total. The molecule has 3 rings (SSSR count). The van der Waals surface area contributed by atoms with Gasteiger partial charge >= 0.3 is 5.97 Å². The first kappa shape index (κ1) is 15.5. The number of nitrogens with zero attached hydrogens (tertiary/aromatic N) is 1. The molecule has 0 amide bonds. The number of hydrogen-bond acceptors (Lipinski definition) is 3. The van der Waals surface area contributed by atoms with E-state index in [9.17, 15) is 4.79 Å². The predicted octanol–water partition coefficient (Wildman–Crippen LogP) is 4.89. The summed E-state index contributed by atoms with van der Waals surface area (Å²) in [5, 5.41) is 4.74. The Balaban J connectivity index is 1.91. The van der Waals surface area contributed by atoms with Crippen molar-refractivity contribution in [2.75, 3.05) is 0 Å². The summed E-state index contributed by atoms with van der Waals surface area (Å²) in [6.45, 7) is 0. The van der Waals surface area contributed by atoms with Gasteiger partial charge in [0.25, 0.3) is 0 Å². The zero-order valence-corrected chi connectivity index (χ0v) is 13.4. The van der Waals surface area contributed by atoms with Gasteiger partial charge in [0.1, 0.15) is 5.71 Å². The fourth-order valence-corrected chi connectivity index (χ4v) is 2.62. The van der Waals surface area contributed by atoms with Crippen LogP contribution in [0, 0.1) is 0 Å². The number of carbonyl (C=O) groups excluding carboxylic acids is 1. The molecule has 3 nitrogen and oxygen atoms in total. The second kappa shape index (κ2) is 6.82. The molecule has 0 bridgehead atoms. The standard InChI is InChI=1S/C18H11Cl2NO2/c19-13-9-10-14(16(20)11-13)17-15(18(22)23-21-17)8-4-7-12-5-2-1-3-6-12/h1-11H/b7-4+,15-8-. The van der Waals surface area contributed by atoms with Crippen molar-refractivity contribution in [3.8, 4) is 0 Å². The Morgan fingerprint density at radius 3 is 2.57 bits per heavy atom. The molecular weight excluding hydrogens is 333 g/mol. The number of oxime groups is 1. The number of carbonyl (C=O) groups is 1. The average molecular weight is 344 g/mol. The molecule has 0 aliphatic carbocycles. The van der Waals surface area contributed by atoms with Gasteiger partial charge in [-0.2, -0.15) is 0 Å². The molecular formula is C18H11Cl2NO2. The van der Waals surface area contributed by atoms with Crippen LogP contribution in [0.1, 0.15) is 11.1 Å². The highest BCUT2D eigenvalue weighted by Gasteiger charge is 2.27. The largest absolute Gasteiger partial charge is 0.368 e. The summed E-state index contributed by atoms with van der Waals surface area (Å²) in [7, 11) is 0. The lowest BCUT2D eigenvalue weighted by atomic mass is 10.0. The van der Waals surface area contributed by atoms with Crippen LogP contribution in [-0.2, 0) is 9.63 Å². The Hall–Kier alpha value is -2.36. The quantitative estimate of drug-likeness (QED) is 0.587. The highest BCUT2D eigenvalue weighted by molar-refractivity contribution is 6.40. The first-order valence-corrected chi connectivity index (χ1v) is 7.59. The third kappa shape index (κ3) is 3.52. The minimum atomic E-state index is -0.510. The number of hydrogen-bond donors (Lipinski definition) is 0. The van der Waals surface area contributed by atoms with Crippen molar-refractivity contribution >= 4 is 41.0 Å². The van der Waals surface area contributed by atoms with Gasteiger partial charge in [-0.1, -0.05) is 70.8 Å². The van der Waals surface area contributed by atoms with Crippen molar-refractivity contribution in [2.45, 2.75) is 0 Å². The first-order valence-electron chi connectivity index (χ1n) is 6.84. The van der Waals surface area contributed by atoms with E-state index < -0.39 is 5.97 Å². The van der Waals surface area contributed by atoms with Gasteiger partial charge in [-0.05, 0) is 29.8 Å². The Labute approximate surface area is 143 Å². The molecule has 0 saturated heterocycles. The van der Waals surface area contributed by atoms with Gasteiger partial charge in [0.15, 0.2) is 0 Å². The van der Waals surface area contributed by atoms with Crippen LogP contribution in [-0.4, -0.2) is 11.7 Å². The Bertz CT molecular complexity index is 839. The minimum Gasteiger partial charge on any atom is -0.312 e. The summed E-state index contributed by atoms with van der Waals surface area (Å²) in [5.74, 6) is -0.510. The molecule has 0 radical (unpaired) electrons. The average Bonchev–Trinajstić information content (AvgIpc) is 2.90. The Kier molecular flexibility index (Phi) is 4.60. The van der Waals surface area contributed by atoms with Crippen LogP contribution in [0.3, 0.4) is 0 Å². The molecule has 1 aliphatic rings. The molecule has 0 spiro atoms. The van der Waals surface area contributed by atoms with Crippen molar-refractivity contribution < 1.29 is 9.63 Å². The molecule has 0 fully saturated rings. The van der Waals surface area contributed by atoms with Crippen molar-refractivity contribution in [1.82, 2.24) is 0 Å². The second-order valence-corrected chi connectivity index (χ2v) is 5.64. The summed E-state index contributed by atoms with van der Waals surface area (Å²) >= 11 is 12.1. The zero-order chi connectivity index (χ0) is 16.2. The normalized spacial score (nSPS) is 16.0. The zero-order valence-electron chi connectivity index (χ0n) is 11.9. The van der Waals surface area contributed by atoms with E-state index in [0.29, 0.717) is 26.9 Å². The SMILES string of the molecule is O=C1ON=C(c2ccc(Cl)cc2Cl)/C1=C/C=C/c1ccccc1. The fourth-order valence-electron chi connectivity index (χ4n) is 2.12. The predicted molar refractivity (Wildman–Crippen MR) is 92.6 cm³/mol. The highest BCUT2D eigenvalue weighted by atomic mass is 35.5. The lowest BCUT2D eigenvalue weighted by Crippen LogP contribution is -2.07.